The minimum atomic E-state index is -3.74. The van der Waals surface area contributed by atoms with Gasteiger partial charge in [0, 0.05) is 54.5 Å². The monoisotopic (exact) mass is 506 g/mol. The molecule has 1 spiro atoms. The second-order valence-corrected chi connectivity index (χ2v) is 12.2. The molecule has 0 atom stereocenters. The van der Waals surface area contributed by atoms with Gasteiger partial charge in [0.1, 0.15) is 5.82 Å². The van der Waals surface area contributed by atoms with Crippen molar-refractivity contribution in [2.45, 2.75) is 36.5 Å². The number of amides is 1. The van der Waals surface area contributed by atoms with E-state index in [0.29, 0.717) is 17.4 Å². The molecule has 1 aromatic carbocycles. The number of rotatable bonds is 5. The molecule has 10 heteroatoms. The first-order chi connectivity index (χ1) is 17.1. The number of hydrogen-bond acceptors (Lipinski definition) is 7. The van der Waals surface area contributed by atoms with Crippen LogP contribution in [0, 0.1) is 0 Å². The molecule has 0 radical (unpaired) electrons. The van der Waals surface area contributed by atoms with Crippen LogP contribution in [-0.2, 0) is 26.0 Å². The average molecular weight is 507 g/mol. The van der Waals surface area contributed by atoms with E-state index in [4.69, 9.17) is 10.1 Å². The van der Waals surface area contributed by atoms with Crippen LogP contribution in [0.1, 0.15) is 30.4 Å². The molecule has 3 aliphatic rings. The molecule has 2 fully saturated rings. The summed E-state index contributed by atoms with van der Waals surface area (Å²) in [6, 6.07) is 8.28. The Morgan fingerprint density at radius 1 is 1.11 bits per heavy atom. The molecule has 2 aromatic heterocycles. The van der Waals surface area contributed by atoms with Crippen LogP contribution < -0.4 is 14.9 Å². The number of benzene rings is 1. The maximum atomic E-state index is 13.2. The summed E-state index contributed by atoms with van der Waals surface area (Å²) in [7, 11) is 2.15. The molecule has 2 aliphatic heterocycles. The quantitative estimate of drug-likeness (QED) is 0.565. The standard InChI is InChI=1S/C26H30N6O3S/c1-30(2)19-13-32(14-19)24-18(15-36(27,34)35)9-17(11-29-24)16-5-6-21-20(10-16)23-22(12-28-21)31(3)25(33)26(23)7-4-8-26/h5-6,9-12,19H,4,7-8,13-15H2,1-3H3,(H2,27,34,35). The van der Waals surface area contributed by atoms with Crippen molar-refractivity contribution in [1.29, 1.82) is 0 Å². The van der Waals surface area contributed by atoms with Crippen LogP contribution in [0.2, 0.25) is 0 Å². The van der Waals surface area contributed by atoms with Crippen LogP contribution in [0.3, 0.4) is 0 Å². The van der Waals surface area contributed by atoms with Crippen molar-refractivity contribution in [3.8, 4) is 11.1 Å². The summed E-state index contributed by atoms with van der Waals surface area (Å²) in [5, 5.41) is 6.42. The van der Waals surface area contributed by atoms with E-state index in [-0.39, 0.29) is 11.7 Å². The number of nitrogens with two attached hydrogens (primary N) is 1. The van der Waals surface area contributed by atoms with Crippen LogP contribution in [0.15, 0.2) is 36.7 Å². The molecule has 36 heavy (non-hydrogen) atoms. The molecule has 0 bridgehead atoms. The number of pyridine rings is 2. The first kappa shape index (κ1) is 23.3. The third-order valence-corrected chi connectivity index (χ3v) is 8.85. The van der Waals surface area contributed by atoms with Gasteiger partial charge in [-0.1, -0.05) is 12.5 Å². The number of likely N-dealkylation sites (N-methyl/N-ethyl adjacent to an activating group) is 2. The SMILES string of the molecule is CN1C(=O)C2(CCC2)c2c1cnc1ccc(-c3cnc(N4CC(N(C)C)C4)c(CS(N)(=O)=O)c3)cc21. The maximum Gasteiger partial charge on any atom is 0.237 e. The molecular weight excluding hydrogens is 476 g/mol. The molecule has 1 aliphatic carbocycles. The number of nitrogens with zero attached hydrogens (tertiary/aromatic N) is 5. The lowest BCUT2D eigenvalue weighted by atomic mass is 9.64. The number of carbonyl (C=O) groups is 1. The molecule has 9 nitrogen and oxygen atoms in total. The highest BCUT2D eigenvalue weighted by atomic mass is 32.2. The Kier molecular flexibility index (Phi) is 5.16. The highest BCUT2D eigenvalue weighted by molar-refractivity contribution is 7.88. The van der Waals surface area contributed by atoms with E-state index in [2.05, 4.69) is 20.9 Å². The van der Waals surface area contributed by atoms with Crippen molar-refractivity contribution in [3.63, 3.8) is 0 Å². The highest BCUT2D eigenvalue weighted by Gasteiger charge is 2.54. The lowest BCUT2D eigenvalue weighted by Crippen LogP contribution is -2.58. The van der Waals surface area contributed by atoms with Crippen LogP contribution in [-0.4, -0.2) is 69.5 Å². The van der Waals surface area contributed by atoms with Gasteiger partial charge in [0.15, 0.2) is 0 Å². The lowest BCUT2D eigenvalue weighted by molar-refractivity contribution is -0.125. The number of hydrogen-bond donors (Lipinski definition) is 1. The topological polar surface area (TPSA) is 113 Å². The number of fused-ring (bicyclic) bond motifs is 4. The Morgan fingerprint density at radius 3 is 2.50 bits per heavy atom. The van der Waals surface area contributed by atoms with Crippen molar-refractivity contribution < 1.29 is 13.2 Å². The summed E-state index contributed by atoms with van der Waals surface area (Å²) in [5.41, 5.74) is 4.63. The van der Waals surface area contributed by atoms with Gasteiger partial charge >= 0.3 is 0 Å². The van der Waals surface area contributed by atoms with Gasteiger partial charge in [-0.05, 0) is 50.7 Å². The molecule has 1 saturated carbocycles. The first-order valence-electron chi connectivity index (χ1n) is 12.2. The Balaban J connectivity index is 1.44. The first-order valence-corrected chi connectivity index (χ1v) is 13.9. The van der Waals surface area contributed by atoms with Crippen molar-refractivity contribution in [3.05, 3.63) is 47.8 Å². The van der Waals surface area contributed by atoms with Crippen LogP contribution in [0.25, 0.3) is 22.0 Å². The largest absolute Gasteiger partial charge is 0.353 e. The van der Waals surface area contributed by atoms with Crippen LogP contribution in [0.4, 0.5) is 11.5 Å². The summed E-state index contributed by atoms with van der Waals surface area (Å²) < 4.78 is 24.1. The van der Waals surface area contributed by atoms with Crippen LogP contribution >= 0.6 is 0 Å². The van der Waals surface area contributed by atoms with Gasteiger partial charge in [-0.2, -0.15) is 0 Å². The molecule has 3 aromatic rings. The van der Waals surface area contributed by atoms with E-state index in [1.807, 2.05) is 39.3 Å². The van der Waals surface area contributed by atoms with Crippen molar-refractivity contribution in [2.24, 2.45) is 5.14 Å². The van der Waals surface area contributed by atoms with Gasteiger partial charge in [0.05, 0.1) is 28.6 Å². The fourth-order valence-electron chi connectivity index (χ4n) is 5.87. The molecule has 0 unspecified atom stereocenters. The van der Waals surface area contributed by atoms with E-state index in [1.54, 1.807) is 17.3 Å². The summed E-state index contributed by atoms with van der Waals surface area (Å²) in [6.07, 6.45) is 6.34. The lowest BCUT2D eigenvalue weighted by Gasteiger charge is -2.44. The molecule has 1 amide bonds. The smallest absolute Gasteiger partial charge is 0.237 e. The maximum absolute atomic E-state index is 13.2. The predicted octanol–water partition coefficient (Wildman–Crippen LogP) is 2.23. The van der Waals surface area contributed by atoms with Gasteiger partial charge in [-0.15, -0.1) is 0 Å². The zero-order chi connectivity index (χ0) is 25.4. The normalized spacial score (nSPS) is 19.2. The third kappa shape index (κ3) is 3.50. The van der Waals surface area contributed by atoms with E-state index in [9.17, 15) is 13.2 Å². The average Bonchev–Trinajstić information content (AvgIpc) is 2.99. The third-order valence-electron chi connectivity index (χ3n) is 8.13. The van der Waals surface area contributed by atoms with Gasteiger partial charge in [-0.3, -0.25) is 9.78 Å². The summed E-state index contributed by atoms with van der Waals surface area (Å²) in [4.78, 5) is 28.5. The summed E-state index contributed by atoms with van der Waals surface area (Å²) in [5.74, 6) is 0.532. The highest BCUT2D eigenvalue weighted by Crippen LogP contribution is 2.55. The van der Waals surface area contributed by atoms with Gasteiger partial charge in [0.2, 0.25) is 15.9 Å². The van der Waals surface area contributed by atoms with Crippen LogP contribution in [0.5, 0.6) is 0 Å². The molecular formula is C26H30N6O3S. The van der Waals surface area contributed by atoms with Crippen molar-refractivity contribution in [2.75, 3.05) is 44.0 Å². The Bertz CT molecular complexity index is 1510. The Morgan fingerprint density at radius 2 is 1.86 bits per heavy atom. The number of aromatic nitrogens is 2. The van der Waals surface area contributed by atoms with E-state index in [0.717, 1.165) is 65.6 Å². The Hall–Kier alpha value is -3.08. The van der Waals surface area contributed by atoms with Crippen molar-refractivity contribution in [1.82, 2.24) is 14.9 Å². The van der Waals surface area contributed by atoms with Gasteiger partial charge in [0.25, 0.3) is 0 Å². The minimum Gasteiger partial charge on any atom is -0.353 e. The van der Waals surface area contributed by atoms with Crippen molar-refractivity contribution >= 4 is 38.3 Å². The number of anilines is 2. The van der Waals surface area contributed by atoms with Gasteiger partial charge in [-0.25, -0.2) is 18.5 Å². The van der Waals surface area contributed by atoms with E-state index in [1.165, 1.54) is 0 Å². The molecule has 188 valence electrons. The van der Waals surface area contributed by atoms with E-state index >= 15 is 0 Å². The zero-order valence-corrected chi connectivity index (χ0v) is 21.5. The number of sulfonamides is 1. The second-order valence-electron chi connectivity index (χ2n) is 10.6. The minimum absolute atomic E-state index is 0.149. The second kappa shape index (κ2) is 7.96. The number of carbonyl (C=O) groups excluding carboxylic acids is 1. The predicted molar refractivity (Wildman–Crippen MR) is 140 cm³/mol. The number of primary sulfonamides is 1. The Labute approximate surface area is 211 Å². The summed E-state index contributed by atoms with van der Waals surface area (Å²) in [6.45, 7) is 1.57. The van der Waals surface area contributed by atoms with E-state index < -0.39 is 15.4 Å². The molecule has 6 rings (SSSR count). The fraction of sp³-hybridized carbons (Fsp3) is 0.423. The zero-order valence-electron chi connectivity index (χ0n) is 20.7. The molecule has 4 heterocycles. The van der Waals surface area contributed by atoms with Gasteiger partial charge < -0.3 is 14.7 Å². The molecule has 2 N–H and O–H groups in total. The summed E-state index contributed by atoms with van der Waals surface area (Å²) >= 11 is 0. The molecule has 1 saturated heterocycles. The fourth-order valence-corrected chi connectivity index (χ4v) is 6.52.